The Labute approximate surface area is 118 Å². The highest BCUT2D eigenvalue weighted by Gasteiger charge is 2.06. The largest absolute Gasteiger partial charge is 0.373 e. The van der Waals surface area contributed by atoms with Gasteiger partial charge in [-0.3, -0.25) is 9.78 Å². The molecule has 0 bridgehead atoms. The van der Waals surface area contributed by atoms with Crippen molar-refractivity contribution in [3.8, 4) is 0 Å². The summed E-state index contributed by atoms with van der Waals surface area (Å²) >= 11 is 0. The molecule has 0 unspecified atom stereocenters. The number of hydrogen-bond acceptors (Lipinski definition) is 4. The number of hydrogen-bond donors (Lipinski definition) is 1. The minimum Gasteiger partial charge on any atom is -0.373 e. The first-order valence-corrected chi connectivity index (χ1v) is 6.61. The quantitative estimate of drug-likeness (QED) is 0.899. The van der Waals surface area contributed by atoms with Gasteiger partial charge in [-0.1, -0.05) is 18.2 Å². The second kappa shape index (κ2) is 6.23. The monoisotopic (exact) mass is 272 g/mol. The van der Waals surface area contributed by atoms with Crippen LogP contribution in [-0.2, 0) is 0 Å². The van der Waals surface area contributed by atoms with Crippen LogP contribution in [0.3, 0.4) is 0 Å². The van der Waals surface area contributed by atoms with Crippen molar-refractivity contribution >= 4 is 11.6 Å². The van der Waals surface area contributed by atoms with Gasteiger partial charge in [0.15, 0.2) is 0 Å². The van der Waals surface area contributed by atoms with E-state index in [0.717, 1.165) is 18.8 Å². The Morgan fingerprint density at radius 2 is 1.75 bits per heavy atom. The number of nitrogens with one attached hydrogen (secondary N) is 1. The smallest absolute Gasteiger partial charge is 0.252 e. The molecule has 0 saturated heterocycles. The molecular formula is C15H20N4O. The van der Waals surface area contributed by atoms with Crippen LogP contribution in [0.4, 0.5) is 11.6 Å². The van der Waals surface area contributed by atoms with Crippen LogP contribution in [-0.4, -0.2) is 37.2 Å². The number of aromatic nitrogens is 2. The van der Waals surface area contributed by atoms with Crippen LogP contribution in [0.5, 0.6) is 0 Å². The second-order valence-electron chi connectivity index (χ2n) is 4.89. The van der Waals surface area contributed by atoms with Gasteiger partial charge in [-0.05, 0) is 19.1 Å². The molecule has 0 atom stereocenters. The molecule has 2 aromatic rings. The maximum Gasteiger partial charge on any atom is 0.252 e. The summed E-state index contributed by atoms with van der Waals surface area (Å²) in [5.74, 6) is 0.608. The van der Waals surface area contributed by atoms with Crippen molar-refractivity contribution in [3.05, 3.63) is 52.4 Å². The lowest BCUT2D eigenvalue weighted by molar-refractivity contribution is 0.801. The zero-order valence-electron chi connectivity index (χ0n) is 12.1. The van der Waals surface area contributed by atoms with Gasteiger partial charge >= 0.3 is 0 Å². The molecule has 5 heteroatoms. The van der Waals surface area contributed by atoms with Crippen molar-refractivity contribution in [1.82, 2.24) is 9.97 Å². The first-order chi connectivity index (χ1) is 9.56. The summed E-state index contributed by atoms with van der Waals surface area (Å²) in [6, 6.07) is 11.7. The third-order valence-electron chi connectivity index (χ3n) is 3.19. The average molecular weight is 272 g/mol. The van der Waals surface area contributed by atoms with Crippen LogP contribution in [0, 0.1) is 6.92 Å². The number of benzene rings is 1. The van der Waals surface area contributed by atoms with Gasteiger partial charge in [0, 0.05) is 44.6 Å². The molecule has 1 heterocycles. The molecule has 0 fully saturated rings. The standard InChI is InChI=1S/C15H20N4O/c1-12-11-14(20)17-15(16-12)19(3)10-9-18(2)13-7-5-4-6-8-13/h4-8,11H,9-10H2,1-3H3,(H,16,17,20). The number of rotatable bonds is 5. The summed E-state index contributed by atoms with van der Waals surface area (Å²) in [4.78, 5) is 22.7. The average Bonchev–Trinajstić information content (AvgIpc) is 2.44. The van der Waals surface area contributed by atoms with Crippen molar-refractivity contribution in [2.24, 2.45) is 0 Å². The Morgan fingerprint density at radius 1 is 1.10 bits per heavy atom. The van der Waals surface area contributed by atoms with Gasteiger partial charge in [-0.25, -0.2) is 4.98 Å². The van der Waals surface area contributed by atoms with Gasteiger partial charge in [-0.2, -0.15) is 0 Å². The van der Waals surface area contributed by atoms with Gasteiger partial charge in [0.2, 0.25) is 5.95 Å². The van der Waals surface area contributed by atoms with Crippen molar-refractivity contribution in [2.75, 3.05) is 37.0 Å². The van der Waals surface area contributed by atoms with E-state index < -0.39 is 0 Å². The lowest BCUT2D eigenvalue weighted by Gasteiger charge is -2.24. The summed E-state index contributed by atoms with van der Waals surface area (Å²) < 4.78 is 0. The number of nitrogens with zero attached hydrogens (tertiary/aromatic N) is 3. The van der Waals surface area contributed by atoms with Gasteiger partial charge in [0.25, 0.3) is 5.56 Å². The van der Waals surface area contributed by atoms with E-state index in [1.54, 1.807) is 0 Å². The molecule has 0 aliphatic heterocycles. The normalized spacial score (nSPS) is 10.3. The Morgan fingerprint density at radius 3 is 2.40 bits per heavy atom. The SMILES string of the molecule is Cc1cc(=O)[nH]c(N(C)CCN(C)c2ccccc2)n1. The molecule has 5 nitrogen and oxygen atoms in total. The van der Waals surface area contributed by atoms with E-state index in [1.807, 2.05) is 37.1 Å². The second-order valence-corrected chi connectivity index (χ2v) is 4.89. The van der Waals surface area contributed by atoms with Crippen LogP contribution in [0.1, 0.15) is 5.69 Å². The maximum atomic E-state index is 11.4. The van der Waals surface area contributed by atoms with E-state index in [-0.39, 0.29) is 5.56 Å². The number of aromatic amines is 1. The zero-order valence-corrected chi connectivity index (χ0v) is 12.1. The fourth-order valence-electron chi connectivity index (χ4n) is 1.96. The van der Waals surface area contributed by atoms with Crippen LogP contribution in [0.2, 0.25) is 0 Å². The van der Waals surface area contributed by atoms with Crippen LogP contribution >= 0.6 is 0 Å². The number of para-hydroxylation sites is 1. The summed E-state index contributed by atoms with van der Waals surface area (Å²) in [6.45, 7) is 3.44. The summed E-state index contributed by atoms with van der Waals surface area (Å²) in [5.41, 5.74) is 1.79. The molecule has 20 heavy (non-hydrogen) atoms. The highest BCUT2D eigenvalue weighted by molar-refractivity contribution is 5.45. The van der Waals surface area contributed by atoms with Crippen LogP contribution < -0.4 is 15.4 Å². The van der Waals surface area contributed by atoms with Gasteiger partial charge in [0.1, 0.15) is 0 Å². The first-order valence-electron chi connectivity index (χ1n) is 6.61. The third-order valence-corrected chi connectivity index (χ3v) is 3.19. The fourth-order valence-corrected chi connectivity index (χ4v) is 1.96. The number of likely N-dealkylation sites (N-methyl/N-ethyl adjacent to an activating group) is 2. The molecule has 1 N–H and O–H groups in total. The number of aryl methyl sites for hydroxylation is 1. The predicted octanol–water partition coefficient (Wildman–Crippen LogP) is 1.65. The molecule has 1 aromatic heterocycles. The number of H-pyrrole nitrogens is 1. The van der Waals surface area contributed by atoms with Crippen molar-refractivity contribution in [2.45, 2.75) is 6.92 Å². The van der Waals surface area contributed by atoms with Gasteiger partial charge in [-0.15, -0.1) is 0 Å². The Kier molecular flexibility index (Phi) is 4.40. The molecule has 106 valence electrons. The van der Waals surface area contributed by atoms with Crippen molar-refractivity contribution in [1.29, 1.82) is 0 Å². The van der Waals surface area contributed by atoms with Gasteiger partial charge in [0.05, 0.1) is 0 Å². The topological polar surface area (TPSA) is 52.2 Å². The molecule has 0 aliphatic carbocycles. The van der Waals surface area contributed by atoms with E-state index >= 15 is 0 Å². The molecular weight excluding hydrogens is 252 g/mol. The lowest BCUT2D eigenvalue weighted by Crippen LogP contribution is -2.32. The Bertz CT molecular complexity index is 609. The first kappa shape index (κ1) is 14.1. The number of anilines is 2. The fraction of sp³-hybridized carbons (Fsp3) is 0.333. The predicted molar refractivity (Wildman–Crippen MR) is 82.6 cm³/mol. The maximum absolute atomic E-state index is 11.4. The third kappa shape index (κ3) is 3.60. The van der Waals surface area contributed by atoms with E-state index in [9.17, 15) is 4.79 Å². The molecule has 0 radical (unpaired) electrons. The Balaban J connectivity index is 1.98. The zero-order chi connectivity index (χ0) is 14.5. The van der Waals surface area contributed by atoms with E-state index in [4.69, 9.17) is 0 Å². The molecule has 0 saturated carbocycles. The van der Waals surface area contributed by atoms with E-state index in [2.05, 4.69) is 34.0 Å². The van der Waals surface area contributed by atoms with Crippen molar-refractivity contribution < 1.29 is 0 Å². The minimum atomic E-state index is -0.115. The highest BCUT2D eigenvalue weighted by atomic mass is 16.1. The molecule has 0 spiro atoms. The van der Waals surface area contributed by atoms with Crippen LogP contribution in [0.25, 0.3) is 0 Å². The summed E-state index contributed by atoms with van der Waals surface area (Å²) in [6.07, 6.45) is 0. The minimum absolute atomic E-state index is 0.115. The van der Waals surface area contributed by atoms with Gasteiger partial charge < -0.3 is 9.80 Å². The Hall–Kier alpha value is -2.30. The van der Waals surface area contributed by atoms with Crippen molar-refractivity contribution in [3.63, 3.8) is 0 Å². The lowest BCUT2D eigenvalue weighted by atomic mass is 10.3. The summed E-state index contributed by atoms with van der Waals surface area (Å²) in [7, 11) is 3.98. The summed E-state index contributed by atoms with van der Waals surface area (Å²) in [5, 5.41) is 0. The molecule has 1 aromatic carbocycles. The molecule has 0 amide bonds. The van der Waals surface area contributed by atoms with E-state index in [1.165, 1.54) is 11.8 Å². The molecule has 0 aliphatic rings. The highest BCUT2D eigenvalue weighted by Crippen LogP contribution is 2.11. The molecule has 2 rings (SSSR count). The van der Waals surface area contributed by atoms with Crippen LogP contribution in [0.15, 0.2) is 41.2 Å². The van der Waals surface area contributed by atoms with E-state index in [0.29, 0.717) is 5.95 Å².